The first-order valence-electron chi connectivity index (χ1n) is 14.1. The first-order valence-corrected chi connectivity index (χ1v) is 14.1. The van der Waals surface area contributed by atoms with Gasteiger partial charge in [0.25, 0.3) is 0 Å². The van der Waals surface area contributed by atoms with Gasteiger partial charge in [-0.15, -0.1) is 5.10 Å². The second kappa shape index (κ2) is 11.8. The van der Waals surface area contributed by atoms with Crippen LogP contribution in [-0.4, -0.2) is 34.7 Å². The molecule has 5 rings (SSSR count). The number of hydrogen-bond acceptors (Lipinski definition) is 5. The lowest BCUT2D eigenvalue weighted by atomic mass is 9.92. The summed E-state index contributed by atoms with van der Waals surface area (Å²) >= 11 is 0. The van der Waals surface area contributed by atoms with Crippen LogP contribution in [-0.2, 0) is 13.0 Å². The summed E-state index contributed by atoms with van der Waals surface area (Å²) in [5, 5.41) is 14.3. The highest BCUT2D eigenvalue weighted by molar-refractivity contribution is 5.79. The fourth-order valence-corrected chi connectivity index (χ4v) is 5.28. The molecule has 3 aromatic heterocycles. The average molecular weight is 536 g/mol. The maximum atomic E-state index is 14.1. The molecular formula is C32H37N7O. The molecule has 0 bridgehead atoms. The number of imidazole rings is 1. The zero-order valence-corrected chi connectivity index (χ0v) is 23.9. The largest absolute Gasteiger partial charge is 0.333 e. The van der Waals surface area contributed by atoms with Crippen LogP contribution in [0.15, 0.2) is 71.9 Å². The first kappa shape index (κ1) is 27.2. The lowest BCUT2D eigenvalue weighted by Crippen LogP contribution is -2.26. The number of nitrogens with zero attached hydrogens (tertiary/aromatic N) is 6. The molecule has 3 heterocycles. The van der Waals surface area contributed by atoms with Crippen molar-refractivity contribution in [2.45, 2.75) is 72.3 Å². The van der Waals surface area contributed by atoms with E-state index in [0.717, 1.165) is 52.9 Å². The Morgan fingerprint density at radius 1 is 0.925 bits per heavy atom. The van der Waals surface area contributed by atoms with Crippen LogP contribution >= 0.6 is 0 Å². The molecule has 0 radical (unpaired) electrons. The first-order chi connectivity index (χ1) is 19.4. The van der Waals surface area contributed by atoms with E-state index in [1.165, 1.54) is 11.1 Å². The number of H-pyrrole nitrogens is 1. The maximum Gasteiger partial charge on any atom is 0.333 e. The fraction of sp³-hybridized carbons (Fsp3) is 0.344. The van der Waals surface area contributed by atoms with Gasteiger partial charge in [-0.3, -0.25) is 14.1 Å². The van der Waals surface area contributed by atoms with Crippen LogP contribution in [0.5, 0.6) is 0 Å². The van der Waals surface area contributed by atoms with Gasteiger partial charge < -0.3 is 0 Å². The van der Waals surface area contributed by atoms with E-state index in [1.807, 2.05) is 15.2 Å². The number of aromatic nitrogens is 7. The van der Waals surface area contributed by atoms with Crippen LogP contribution in [0.4, 0.5) is 0 Å². The van der Waals surface area contributed by atoms with Crippen molar-refractivity contribution >= 4 is 0 Å². The summed E-state index contributed by atoms with van der Waals surface area (Å²) in [5.41, 5.74) is 8.44. The normalized spacial score (nSPS) is 11.6. The number of hydrogen-bond donors (Lipinski definition) is 1. The van der Waals surface area contributed by atoms with Crippen molar-refractivity contribution in [1.82, 2.24) is 34.7 Å². The summed E-state index contributed by atoms with van der Waals surface area (Å²) in [6, 6.07) is 16.7. The van der Waals surface area contributed by atoms with Crippen molar-refractivity contribution in [3.8, 4) is 28.2 Å². The van der Waals surface area contributed by atoms with Crippen molar-refractivity contribution in [3.05, 3.63) is 100.0 Å². The van der Waals surface area contributed by atoms with Gasteiger partial charge in [0, 0.05) is 29.8 Å². The molecule has 0 fully saturated rings. The highest BCUT2D eigenvalue weighted by Crippen LogP contribution is 2.31. The van der Waals surface area contributed by atoms with Gasteiger partial charge in [0.05, 0.1) is 12.2 Å². The number of tetrazole rings is 1. The van der Waals surface area contributed by atoms with E-state index < -0.39 is 0 Å². The Kier molecular flexibility index (Phi) is 8.05. The topological polar surface area (TPSA) is 94.3 Å². The van der Waals surface area contributed by atoms with E-state index in [9.17, 15) is 4.79 Å². The van der Waals surface area contributed by atoms with E-state index in [0.29, 0.717) is 24.2 Å². The number of benzene rings is 2. The lowest BCUT2D eigenvalue weighted by molar-refractivity contribution is 0.672. The monoisotopic (exact) mass is 535 g/mol. The molecule has 0 saturated carbocycles. The van der Waals surface area contributed by atoms with Crippen LogP contribution in [0.25, 0.3) is 28.2 Å². The molecule has 8 nitrogen and oxygen atoms in total. The second-order valence-electron chi connectivity index (χ2n) is 10.9. The van der Waals surface area contributed by atoms with Crippen LogP contribution in [0.1, 0.15) is 81.7 Å². The van der Waals surface area contributed by atoms with Crippen molar-refractivity contribution in [3.63, 3.8) is 0 Å². The third kappa shape index (κ3) is 5.39. The van der Waals surface area contributed by atoms with Gasteiger partial charge in [-0.05, 0) is 69.0 Å². The second-order valence-corrected chi connectivity index (χ2v) is 10.9. The Morgan fingerprint density at radius 2 is 1.65 bits per heavy atom. The summed E-state index contributed by atoms with van der Waals surface area (Å²) in [6.07, 6.45) is 8.57. The Morgan fingerprint density at radius 3 is 2.27 bits per heavy atom. The Hall–Kier alpha value is -4.33. The lowest BCUT2D eigenvalue weighted by Gasteiger charge is -2.19. The Labute approximate surface area is 235 Å². The van der Waals surface area contributed by atoms with Crippen LogP contribution in [0, 0.1) is 0 Å². The van der Waals surface area contributed by atoms with Gasteiger partial charge >= 0.3 is 5.69 Å². The smallest absolute Gasteiger partial charge is 0.292 e. The fourth-order valence-electron chi connectivity index (χ4n) is 5.28. The van der Waals surface area contributed by atoms with Gasteiger partial charge in [0.15, 0.2) is 5.82 Å². The highest BCUT2D eigenvalue weighted by Gasteiger charge is 2.20. The minimum atomic E-state index is 0.0134. The van der Waals surface area contributed by atoms with Crippen molar-refractivity contribution in [1.29, 1.82) is 0 Å². The minimum absolute atomic E-state index is 0.0134. The number of pyridine rings is 1. The summed E-state index contributed by atoms with van der Waals surface area (Å²) in [4.78, 5) is 18.3. The molecule has 0 aliphatic heterocycles. The van der Waals surface area contributed by atoms with E-state index in [2.05, 4.69) is 109 Å². The summed E-state index contributed by atoms with van der Waals surface area (Å²) < 4.78 is 3.85. The molecule has 0 spiro atoms. The molecule has 2 aromatic carbocycles. The molecule has 40 heavy (non-hydrogen) atoms. The number of rotatable bonds is 10. The zero-order chi connectivity index (χ0) is 28.2. The van der Waals surface area contributed by atoms with Gasteiger partial charge in [0.1, 0.15) is 0 Å². The summed E-state index contributed by atoms with van der Waals surface area (Å²) in [6.45, 7) is 11.5. The number of nitrogens with one attached hydrogen (secondary N) is 1. The van der Waals surface area contributed by atoms with Crippen LogP contribution < -0.4 is 5.69 Å². The maximum absolute atomic E-state index is 14.1. The number of aryl methyl sites for hydroxylation is 1. The summed E-state index contributed by atoms with van der Waals surface area (Å²) in [5.74, 6) is 1.19. The zero-order valence-electron chi connectivity index (χ0n) is 23.9. The van der Waals surface area contributed by atoms with Crippen LogP contribution in [0.2, 0.25) is 0 Å². The van der Waals surface area contributed by atoms with E-state index in [1.54, 1.807) is 12.4 Å². The third-order valence-electron chi connectivity index (χ3n) is 7.46. The Balaban J connectivity index is 1.53. The van der Waals surface area contributed by atoms with E-state index >= 15 is 0 Å². The molecular weight excluding hydrogens is 498 g/mol. The molecule has 0 unspecified atom stereocenters. The third-order valence-corrected chi connectivity index (χ3v) is 7.46. The Bertz CT molecular complexity index is 1600. The van der Waals surface area contributed by atoms with Gasteiger partial charge in [0.2, 0.25) is 0 Å². The van der Waals surface area contributed by atoms with E-state index in [-0.39, 0.29) is 5.69 Å². The number of unbranched alkanes of at least 4 members (excludes halogenated alkanes) is 1. The standard InChI is InChI=1S/C32H37N7O/c1-6-7-9-25-20-39(30-26(21(2)3)10-8-11-27(30)22(4)5)32(40)38(25)19-23-12-14-24(15-13-23)28-16-17-33-18-29(28)31-34-36-37-35-31/h8,10-18,20-22H,6-7,9,19H2,1-5H3,(H,34,35,36,37). The van der Waals surface area contributed by atoms with Crippen molar-refractivity contribution in [2.24, 2.45) is 0 Å². The minimum Gasteiger partial charge on any atom is -0.292 e. The van der Waals surface area contributed by atoms with Gasteiger partial charge in [-0.25, -0.2) is 9.89 Å². The number of para-hydroxylation sites is 1. The molecule has 1 N–H and O–H groups in total. The molecule has 5 aromatic rings. The molecule has 8 heteroatoms. The summed E-state index contributed by atoms with van der Waals surface area (Å²) in [7, 11) is 0. The SMILES string of the molecule is CCCCc1cn(-c2c(C(C)C)cccc2C(C)C)c(=O)n1Cc1ccc(-c2ccncc2-c2nnn[nH]2)cc1. The molecule has 0 atom stereocenters. The average Bonchev–Trinajstić information content (AvgIpc) is 3.61. The molecule has 206 valence electrons. The predicted octanol–water partition coefficient (Wildman–Crippen LogP) is 6.52. The van der Waals surface area contributed by atoms with Gasteiger partial charge in [-0.1, -0.05) is 83.5 Å². The van der Waals surface area contributed by atoms with Gasteiger partial charge in [-0.2, -0.15) is 0 Å². The highest BCUT2D eigenvalue weighted by atomic mass is 16.1. The number of aromatic amines is 1. The molecule has 0 amide bonds. The predicted molar refractivity (Wildman–Crippen MR) is 159 cm³/mol. The van der Waals surface area contributed by atoms with Crippen LogP contribution in [0.3, 0.4) is 0 Å². The quantitative estimate of drug-likeness (QED) is 0.220. The van der Waals surface area contributed by atoms with Crippen molar-refractivity contribution in [2.75, 3.05) is 0 Å². The molecule has 0 aliphatic carbocycles. The molecule has 0 saturated heterocycles. The van der Waals surface area contributed by atoms with Crippen molar-refractivity contribution < 1.29 is 0 Å². The van der Waals surface area contributed by atoms with E-state index in [4.69, 9.17) is 0 Å². The molecule has 0 aliphatic rings.